The van der Waals surface area contributed by atoms with Gasteiger partial charge in [0.25, 0.3) is 0 Å². The fraction of sp³-hybridized carbons (Fsp3) is 0.385. The summed E-state index contributed by atoms with van der Waals surface area (Å²) in [6.45, 7) is 4.11. The highest BCUT2D eigenvalue weighted by Crippen LogP contribution is 2.11. The molecule has 0 aromatic carbocycles. The molecule has 0 unspecified atom stereocenters. The minimum Gasteiger partial charge on any atom is -0.383 e. The molecular formula is C13H17N5O. The molecule has 0 radical (unpaired) electrons. The van der Waals surface area contributed by atoms with Crippen molar-refractivity contribution in [2.45, 2.75) is 13.5 Å². The van der Waals surface area contributed by atoms with Crippen LogP contribution in [0.4, 0.5) is 0 Å². The Morgan fingerprint density at radius 2 is 2.21 bits per heavy atom. The predicted molar refractivity (Wildman–Crippen MR) is 71.4 cm³/mol. The van der Waals surface area contributed by atoms with Crippen LogP contribution in [0.15, 0.2) is 24.7 Å². The fourth-order valence-corrected chi connectivity index (χ4v) is 1.65. The summed E-state index contributed by atoms with van der Waals surface area (Å²) >= 11 is 0. The predicted octanol–water partition coefficient (Wildman–Crippen LogP) is 0.978. The number of nitrogens with one attached hydrogen (secondary N) is 1. The Bertz CT molecular complexity index is 518. The summed E-state index contributed by atoms with van der Waals surface area (Å²) in [5.74, 6) is 0.631. The lowest BCUT2D eigenvalue weighted by Gasteiger charge is -2.06. The van der Waals surface area contributed by atoms with Crippen molar-refractivity contribution in [3.8, 4) is 11.5 Å². The van der Waals surface area contributed by atoms with E-state index in [1.54, 1.807) is 19.4 Å². The lowest BCUT2D eigenvalue weighted by atomic mass is 10.3. The molecule has 0 aliphatic rings. The third-order valence-corrected chi connectivity index (χ3v) is 2.51. The number of hydrogen-bond acceptors (Lipinski definition) is 6. The van der Waals surface area contributed by atoms with Crippen LogP contribution in [-0.4, -0.2) is 40.2 Å². The van der Waals surface area contributed by atoms with Gasteiger partial charge in [-0.15, -0.1) is 0 Å². The van der Waals surface area contributed by atoms with Gasteiger partial charge in [0.1, 0.15) is 12.0 Å². The summed E-state index contributed by atoms with van der Waals surface area (Å²) in [5.41, 5.74) is 2.60. The normalized spacial score (nSPS) is 10.6. The molecule has 0 saturated heterocycles. The number of aromatic nitrogens is 4. The van der Waals surface area contributed by atoms with Crippen LogP contribution in [0.5, 0.6) is 0 Å². The lowest BCUT2D eigenvalue weighted by molar-refractivity contribution is 0.199. The van der Waals surface area contributed by atoms with Crippen LogP contribution in [0.3, 0.4) is 0 Å². The van der Waals surface area contributed by atoms with Gasteiger partial charge in [-0.25, -0.2) is 19.9 Å². The third kappa shape index (κ3) is 4.04. The fourth-order valence-electron chi connectivity index (χ4n) is 1.65. The average molecular weight is 259 g/mol. The minimum absolute atomic E-state index is 0.631. The molecule has 6 heteroatoms. The van der Waals surface area contributed by atoms with E-state index in [-0.39, 0.29) is 0 Å². The molecule has 100 valence electrons. The Kier molecular flexibility index (Phi) is 4.88. The van der Waals surface area contributed by atoms with Gasteiger partial charge in [-0.1, -0.05) is 0 Å². The van der Waals surface area contributed by atoms with Crippen molar-refractivity contribution in [2.24, 2.45) is 0 Å². The molecule has 0 fully saturated rings. The summed E-state index contributed by atoms with van der Waals surface area (Å²) in [6.07, 6.45) is 3.18. The molecular weight excluding hydrogens is 242 g/mol. The average Bonchev–Trinajstić information content (AvgIpc) is 2.44. The highest BCUT2D eigenvalue weighted by Gasteiger charge is 2.05. The van der Waals surface area contributed by atoms with E-state index in [1.165, 1.54) is 6.33 Å². The molecule has 6 nitrogen and oxygen atoms in total. The molecule has 0 aliphatic carbocycles. The number of aryl methyl sites for hydroxylation is 1. The van der Waals surface area contributed by atoms with Crippen molar-refractivity contribution in [1.82, 2.24) is 25.3 Å². The summed E-state index contributed by atoms with van der Waals surface area (Å²) in [4.78, 5) is 16.9. The second-order valence-corrected chi connectivity index (χ2v) is 4.09. The zero-order valence-electron chi connectivity index (χ0n) is 11.1. The van der Waals surface area contributed by atoms with Gasteiger partial charge in [0.2, 0.25) is 0 Å². The molecule has 0 saturated carbocycles. The standard InChI is InChI=1S/C13H17N5O/c1-10-7-11(8-14-5-6-19-2)18-13(17-10)12-3-4-15-9-16-12/h3-4,7,9,14H,5-6,8H2,1-2H3. The molecule has 0 atom stereocenters. The Labute approximate surface area is 112 Å². The molecule has 2 heterocycles. The first kappa shape index (κ1) is 13.5. The number of methoxy groups -OCH3 is 1. The van der Waals surface area contributed by atoms with Crippen LogP contribution < -0.4 is 5.32 Å². The van der Waals surface area contributed by atoms with Gasteiger partial charge in [0, 0.05) is 32.1 Å². The smallest absolute Gasteiger partial charge is 0.178 e. The molecule has 0 aliphatic heterocycles. The van der Waals surface area contributed by atoms with Gasteiger partial charge in [-0.3, -0.25) is 0 Å². The van der Waals surface area contributed by atoms with E-state index in [4.69, 9.17) is 4.74 Å². The minimum atomic E-state index is 0.631. The summed E-state index contributed by atoms with van der Waals surface area (Å²) in [5, 5.41) is 3.26. The molecule has 1 N–H and O–H groups in total. The van der Waals surface area contributed by atoms with Crippen molar-refractivity contribution in [3.63, 3.8) is 0 Å². The molecule has 2 aromatic rings. The Morgan fingerprint density at radius 3 is 2.95 bits per heavy atom. The Morgan fingerprint density at radius 1 is 1.32 bits per heavy atom. The Balaban J connectivity index is 2.11. The van der Waals surface area contributed by atoms with Crippen molar-refractivity contribution in [1.29, 1.82) is 0 Å². The van der Waals surface area contributed by atoms with E-state index in [0.717, 1.165) is 23.6 Å². The number of nitrogens with zero attached hydrogens (tertiary/aromatic N) is 4. The topological polar surface area (TPSA) is 72.8 Å². The largest absolute Gasteiger partial charge is 0.383 e. The SMILES string of the molecule is COCCNCc1cc(C)nc(-c2ccncn2)n1. The summed E-state index contributed by atoms with van der Waals surface area (Å²) in [6, 6.07) is 3.77. The molecule has 2 aromatic heterocycles. The quantitative estimate of drug-likeness (QED) is 0.780. The van der Waals surface area contributed by atoms with Crippen LogP contribution in [0, 0.1) is 6.92 Å². The van der Waals surface area contributed by atoms with E-state index in [9.17, 15) is 0 Å². The molecule has 0 bridgehead atoms. The molecule has 0 spiro atoms. The van der Waals surface area contributed by atoms with Crippen LogP contribution in [0.2, 0.25) is 0 Å². The maximum absolute atomic E-state index is 4.98. The first-order valence-electron chi connectivity index (χ1n) is 6.10. The van der Waals surface area contributed by atoms with Crippen molar-refractivity contribution < 1.29 is 4.74 Å². The highest BCUT2D eigenvalue weighted by atomic mass is 16.5. The van der Waals surface area contributed by atoms with E-state index < -0.39 is 0 Å². The highest BCUT2D eigenvalue weighted by molar-refractivity contribution is 5.48. The van der Waals surface area contributed by atoms with Crippen molar-refractivity contribution in [3.05, 3.63) is 36.0 Å². The van der Waals surface area contributed by atoms with E-state index in [0.29, 0.717) is 19.0 Å². The first-order valence-corrected chi connectivity index (χ1v) is 6.10. The van der Waals surface area contributed by atoms with Crippen LogP contribution >= 0.6 is 0 Å². The van der Waals surface area contributed by atoms with Crippen molar-refractivity contribution in [2.75, 3.05) is 20.3 Å². The van der Waals surface area contributed by atoms with Gasteiger partial charge in [0.05, 0.1) is 12.3 Å². The molecule has 19 heavy (non-hydrogen) atoms. The maximum atomic E-state index is 4.98. The van der Waals surface area contributed by atoms with Gasteiger partial charge >= 0.3 is 0 Å². The van der Waals surface area contributed by atoms with Crippen molar-refractivity contribution >= 4 is 0 Å². The van der Waals surface area contributed by atoms with Gasteiger partial charge in [-0.2, -0.15) is 0 Å². The second kappa shape index (κ2) is 6.86. The molecule has 0 amide bonds. The third-order valence-electron chi connectivity index (χ3n) is 2.51. The number of hydrogen-bond donors (Lipinski definition) is 1. The monoisotopic (exact) mass is 259 g/mol. The number of ether oxygens (including phenoxy) is 1. The first-order chi connectivity index (χ1) is 9.29. The summed E-state index contributed by atoms with van der Waals surface area (Å²) in [7, 11) is 1.68. The van der Waals surface area contributed by atoms with Gasteiger partial charge < -0.3 is 10.1 Å². The summed E-state index contributed by atoms with van der Waals surface area (Å²) < 4.78 is 4.98. The van der Waals surface area contributed by atoms with Gasteiger partial charge in [-0.05, 0) is 19.1 Å². The van der Waals surface area contributed by atoms with E-state index >= 15 is 0 Å². The number of rotatable bonds is 6. The van der Waals surface area contributed by atoms with Crippen LogP contribution in [-0.2, 0) is 11.3 Å². The zero-order chi connectivity index (χ0) is 13.5. The van der Waals surface area contributed by atoms with Crippen LogP contribution in [0.1, 0.15) is 11.4 Å². The van der Waals surface area contributed by atoms with E-state index in [1.807, 2.05) is 13.0 Å². The molecule has 2 rings (SSSR count). The maximum Gasteiger partial charge on any atom is 0.178 e. The van der Waals surface area contributed by atoms with Gasteiger partial charge in [0.15, 0.2) is 5.82 Å². The van der Waals surface area contributed by atoms with Crippen LogP contribution in [0.25, 0.3) is 11.5 Å². The Hall–Kier alpha value is -1.92. The zero-order valence-corrected chi connectivity index (χ0v) is 11.1. The second-order valence-electron chi connectivity index (χ2n) is 4.09. The lowest BCUT2D eigenvalue weighted by Crippen LogP contribution is -2.19. The van der Waals surface area contributed by atoms with E-state index in [2.05, 4.69) is 25.3 Å².